The summed E-state index contributed by atoms with van der Waals surface area (Å²) in [6, 6.07) is 16.0. The molecule has 1 aromatic heterocycles. The van der Waals surface area contributed by atoms with Crippen LogP contribution in [0.2, 0.25) is 10.0 Å². The van der Waals surface area contributed by atoms with Gasteiger partial charge in [-0.25, -0.2) is 0 Å². The monoisotopic (exact) mass is 492 g/mol. The fraction of sp³-hybridized carbons (Fsp3) is 0.174. The largest absolute Gasteiger partial charge is 0.417 e. The number of hydrogen-bond acceptors (Lipinski definition) is 4. The van der Waals surface area contributed by atoms with Crippen LogP contribution in [0.15, 0.2) is 72.0 Å². The zero-order chi connectivity index (χ0) is 23.6. The first-order chi connectivity index (χ1) is 15.7. The molecule has 0 spiro atoms. The van der Waals surface area contributed by atoms with Crippen molar-refractivity contribution in [1.82, 2.24) is 9.99 Å². The minimum Gasteiger partial charge on any atom is -0.324 e. The molecule has 1 unspecified atom stereocenters. The fourth-order valence-corrected chi connectivity index (χ4v) is 3.70. The maximum absolute atomic E-state index is 12.9. The van der Waals surface area contributed by atoms with Gasteiger partial charge in [-0.3, -0.25) is 14.8 Å². The molecule has 2 heterocycles. The van der Waals surface area contributed by atoms with Gasteiger partial charge < -0.3 is 5.32 Å². The van der Waals surface area contributed by atoms with Crippen LogP contribution < -0.4 is 5.32 Å². The third-order valence-corrected chi connectivity index (χ3v) is 5.54. The summed E-state index contributed by atoms with van der Waals surface area (Å²) in [5.74, 6) is -0.714. The van der Waals surface area contributed by atoms with Crippen molar-refractivity contribution in [1.29, 1.82) is 0 Å². The summed E-state index contributed by atoms with van der Waals surface area (Å²) >= 11 is 11.8. The molecule has 1 aliphatic rings. The van der Waals surface area contributed by atoms with Crippen LogP contribution >= 0.6 is 23.2 Å². The van der Waals surface area contributed by atoms with Gasteiger partial charge in [0, 0.05) is 21.9 Å². The number of nitrogens with one attached hydrogen (secondary N) is 1. The highest BCUT2D eigenvalue weighted by Crippen LogP contribution is 2.32. The molecule has 4 rings (SSSR count). The van der Waals surface area contributed by atoms with Gasteiger partial charge in [0.05, 0.1) is 29.4 Å². The minimum absolute atomic E-state index is 0.0448. The molecule has 0 aliphatic carbocycles. The van der Waals surface area contributed by atoms with Gasteiger partial charge >= 0.3 is 6.18 Å². The summed E-state index contributed by atoms with van der Waals surface area (Å²) in [6.07, 6.45) is -3.66. The Bertz CT molecular complexity index is 1160. The van der Waals surface area contributed by atoms with Crippen LogP contribution in [0.1, 0.15) is 22.7 Å². The van der Waals surface area contributed by atoms with Crippen LogP contribution in [0, 0.1) is 0 Å². The van der Waals surface area contributed by atoms with E-state index >= 15 is 0 Å². The van der Waals surface area contributed by atoms with E-state index < -0.39 is 17.7 Å². The highest BCUT2D eigenvalue weighted by atomic mass is 35.5. The van der Waals surface area contributed by atoms with Gasteiger partial charge in [0.2, 0.25) is 5.91 Å². The van der Waals surface area contributed by atoms with E-state index in [1.165, 1.54) is 6.07 Å². The molecule has 1 N–H and O–H groups in total. The van der Waals surface area contributed by atoms with Crippen molar-refractivity contribution in [2.75, 3.05) is 18.4 Å². The van der Waals surface area contributed by atoms with Crippen LogP contribution in [0.3, 0.4) is 0 Å². The first kappa shape index (κ1) is 23.1. The second kappa shape index (κ2) is 9.41. The lowest BCUT2D eigenvalue weighted by molar-refractivity contribution is -0.137. The van der Waals surface area contributed by atoms with E-state index in [0.29, 0.717) is 27.1 Å². The number of carbonyl (C=O) groups is 1. The Hall–Kier alpha value is -3.10. The predicted octanol–water partition coefficient (Wildman–Crippen LogP) is 5.85. The molecule has 0 bridgehead atoms. The molecule has 0 radical (unpaired) electrons. The summed E-state index contributed by atoms with van der Waals surface area (Å²) in [7, 11) is 0. The van der Waals surface area contributed by atoms with Crippen LogP contribution in [0.5, 0.6) is 0 Å². The van der Waals surface area contributed by atoms with E-state index in [2.05, 4.69) is 15.4 Å². The lowest BCUT2D eigenvalue weighted by Gasteiger charge is -2.16. The molecule has 33 heavy (non-hydrogen) atoms. The fourth-order valence-electron chi connectivity index (χ4n) is 3.45. The summed E-state index contributed by atoms with van der Waals surface area (Å²) in [6.45, 7) is 0.237. The highest BCUT2D eigenvalue weighted by molar-refractivity contribution is 6.31. The minimum atomic E-state index is -4.47. The first-order valence-corrected chi connectivity index (χ1v) is 10.6. The standard InChI is InChI=1S/C23H17Cl2F3N4O/c24-16-4-1-14(2-5-16)22-19(20-10-3-15(11-29-20)23(26,27)28)12-32(31-22)13-21(33)30-18-8-6-17(25)7-9-18/h1-11,19H,12-13H2,(H,30,33). The molecule has 3 aromatic rings. The molecule has 0 saturated carbocycles. The van der Waals surface area contributed by atoms with Crippen molar-refractivity contribution < 1.29 is 18.0 Å². The van der Waals surface area contributed by atoms with Crippen LogP contribution in [-0.4, -0.2) is 34.7 Å². The number of benzene rings is 2. The van der Waals surface area contributed by atoms with Crippen LogP contribution in [-0.2, 0) is 11.0 Å². The van der Waals surface area contributed by atoms with Crippen molar-refractivity contribution in [2.24, 2.45) is 5.10 Å². The second-order valence-corrected chi connectivity index (χ2v) is 8.29. The summed E-state index contributed by atoms with van der Waals surface area (Å²) in [5, 5.41) is 10.0. The Balaban J connectivity index is 1.56. The average Bonchev–Trinajstić information content (AvgIpc) is 3.19. The number of alkyl halides is 3. The van der Waals surface area contributed by atoms with Gasteiger partial charge in [0.15, 0.2) is 0 Å². The van der Waals surface area contributed by atoms with E-state index in [9.17, 15) is 18.0 Å². The number of nitrogens with zero attached hydrogens (tertiary/aromatic N) is 3. The third kappa shape index (κ3) is 5.64. The van der Waals surface area contributed by atoms with Gasteiger partial charge in [0.1, 0.15) is 6.54 Å². The van der Waals surface area contributed by atoms with Crippen molar-refractivity contribution in [3.63, 3.8) is 0 Å². The topological polar surface area (TPSA) is 57.6 Å². The van der Waals surface area contributed by atoms with Gasteiger partial charge in [-0.15, -0.1) is 0 Å². The molecule has 10 heteroatoms. The Labute approximate surface area is 197 Å². The van der Waals surface area contributed by atoms with Gasteiger partial charge in [-0.1, -0.05) is 35.3 Å². The number of amides is 1. The molecule has 1 amide bonds. The number of aromatic nitrogens is 1. The zero-order valence-electron chi connectivity index (χ0n) is 17.0. The van der Waals surface area contributed by atoms with Crippen LogP contribution in [0.25, 0.3) is 0 Å². The molecule has 1 atom stereocenters. The van der Waals surface area contributed by atoms with Crippen molar-refractivity contribution in [3.05, 3.63) is 93.7 Å². The molecule has 2 aromatic carbocycles. The van der Waals surface area contributed by atoms with Crippen LogP contribution in [0.4, 0.5) is 18.9 Å². The lowest BCUT2D eigenvalue weighted by Crippen LogP contribution is -2.29. The smallest absolute Gasteiger partial charge is 0.324 e. The van der Waals surface area contributed by atoms with E-state index in [0.717, 1.165) is 17.8 Å². The number of hydrogen-bond donors (Lipinski definition) is 1. The van der Waals surface area contributed by atoms with E-state index in [1.807, 2.05) is 0 Å². The van der Waals surface area contributed by atoms with Gasteiger partial charge in [0.25, 0.3) is 0 Å². The molecular formula is C23H17Cl2F3N4O. The first-order valence-electron chi connectivity index (χ1n) is 9.87. The Kier molecular flexibility index (Phi) is 6.58. The maximum Gasteiger partial charge on any atom is 0.417 e. The van der Waals surface area contributed by atoms with E-state index in [-0.39, 0.29) is 19.0 Å². The quantitative estimate of drug-likeness (QED) is 0.485. The van der Waals surface area contributed by atoms with Crippen molar-refractivity contribution >= 4 is 40.5 Å². The zero-order valence-corrected chi connectivity index (χ0v) is 18.5. The van der Waals surface area contributed by atoms with Crippen molar-refractivity contribution in [2.45, 2.75) is 12.1 Å². The Morgan fingerprint density at radius 3 is 2.21 bits per heavy atom. The second-order valence-electron chi connectivity index (χ2n) is 7.42. The lowest BCUT2D eigenvalue weighted by atomic mass is 9.94. The number of halogens is 5. The number of rotatable bonds is 5. The number of pyridine rings is 1. The number of anilines is 1. The molecular weight excluding hydrogens is 476 g/mol. The van der Waals surface area contributed by atoms with Gasteiger partial charge in [-0.2, -0.15) is 18.3 Å². The van der Waals surface area contributed by atoms with E-state index in [1.54, 1.807) is 53.5 Å². The maximum atomic E-state index is 12.9. The molecule has 1 aliphatic heterocycles. The third-order valence-electron chi connectivity index (χ3n) is 5.04. The normalized spacial score (nSPS) is 16.0. The Morgan fingerprint density at radius 2 is 1.64 bits per heavy atom. The van der Waals surface area contributed by atoms with Crippen molar-refractivity contribution in [3.8, 4) is 0 Å². The average molecular weight is 493 g/mol. The number of hydrazone groups is 1. The molecule has 170 valence electrons. The predicted molar refractivity (Wildman–Crippen MR) is 122 cm³/mol. The molecule has 0 saturated heterocycles. The summed E-state index contributed by atoms with van der Waals surface area (Å²) < 4.78 is 38.8. The Morgan fingerprint density at radius 1 is 1.00 bits per heavy atom. The summed E-state index contributed by atoms with van der Waals surface area (Å²) in [4.78, 5) is 16.6. The SMILES string of the molecule is O=C(CN1CC(c2ccc(C(F)(F)F)cn2)C(c2ccc(Cl)cc2)=N1)Nc1ccc(Cl)cc1. The highest BCUT2D eigenvalue weighted by Gasteiger charge is 2.34. The van der Waals surface area contributed by atoms with E-state index in [4.69, 9.17) is 23.2 Å². The molecule has 5 nitrogen and oxygen atoms in total. The molecule has 0 fully saturated rings. The summed E-state index contributed by atoms with van der Waals surface area (Å²) in [5.41, 5.74) is 1.53. The number of carbonyl (C=O) groups excluding carboxylic acids is 1. The van der Waals surface area contributed by atoms with Gasteiger partial charge in [-0.05, 0) is 54.1 Å².